The van der Waals surface area contributed by atoms with Crippen LogP contribution >= 0.6 is 11.3 Å². The predicted molar refractivity (Wildman–Crippen MR) is 105 cm³/mol. The van der Waals surface area contributed by atoms with Crippen LogP contribution in [0.5, 0.6) is 0 Å². The number of nitrogens with zero attached hydrogens (tertiary/aromatic N) is 3. The maximum atomic E-state index is 5.32. The van der Waals surface area contributed by atoms with E-state index in [0.717, 1.165) is 45.5 Å². The zero-order valence-electron chi connectivity index (χ0n) is 14.6. The molecular weight excluding hydrogens is 346 g/mol. The molecule has 26 heavy (non-hydrogen) atoms. The fourth-order valence-electron chi connectivity index (χ4n) is 3.48. The van der Waals surface area contributed by atoms with Gasteiger partial charge in [0, 0.05) is 36.5 Å². The number of methoxy groups -OCH3 is 1. The third-order valence-electron chi connectivity index (χ3n) is 5.00. The Balaban J connectivity index is 1.45. The van der Waals surface area contributed by atoms with Crippen molar-refractivity contribution in [2.24, 2.45) is 0 Å². The van der Waals surface area contributed by atoms with Crippen molar-refractivity contribution in [1.29, 1.82) is 0 Å². The first-order chi connectivity index (χ1) is 12.7. The van der Waals surface area contributed by atoms with Crippen LogP contribution in [0, 0.1) is 6.92 Å². The molecule has 0 spiro atoms. The minimum absolute atomic E-state index is 0.360. The minimum atomic E-state index is 0.360. The Kier molecular flexibility index (Phi) is 3.65. The molecule has 0 amide bonds. The van der Waals surface area contributed by atoms with Crippen LogP contribution in [0.2, 0.25) is 0 Å². The van der Waals surface area contributed by atoms with E-state index in [4.69, 9.17) is 4.74 Å². The number of thiazole rings is 1. The molecule has 7 heteroatoms. The predicted octanol–water partition coefficient (Wildman–Crippen LogP) is 4.13. The number of aromatic nitrogens is 4. The van der Waals surface area contributed by atoms with Gasteiger partial charge >= 0.3 is 0 Å². The number of fused-ring (bicyclic) bond motifs is 2. The average Bonchev–Trinajstić information content (AvgIpc) is 3.18. The maximum Gasteiger partial charge on any atom is 0.224 e. The summed E-state index contributed by atoms with van der Waals surface area (Å²) >= 11 is 1.72. The van der Waals surface area contributed by atoms with Crippen molar-refractivity contribution in [3.8, 4) is 11.1 Å². The molecule has 4 aromatic rings. The van der Waals surface area contributed by atoms with Crippen molar-refractivity contribution in [1.82, 2.24) is 19.9 Å². The van der Waals surface area contributed by atoms with Gasteiger partial charge in [0.2, 0.25) is 5.95 Å². The molecule has 0 radical (unpaired) electrons. The lowest BCUT2D eigenvalue weighted by Crippen LogP contribution is -2.40. The summed E-state index contributed by atoms with van der Waals surface area (Å²) in [5.74, 6) is 0.666. The highest BCUT2D eigenvalue weighted by Gasteiger charge is 2.29. The lowest BCUT2D eigenvalue weighted by molar-refractivity contribution is 0.0327. The van der Waals surface area contributed by atoms with Crippen LogP contribution in [0.25, 0.3) is 32.4 Å². The van der Waals surface area contributed by atoms with Gasteiger partial charge in [-0.15, -0.1) is 11.3 Å². The van der Waals surface area contributed by atoms with Crippen molar-refractivity contribution >= 4 is 38.5 Å². The smallest absolute Gasteiger partial charge is 0.224 e. The van der Waals surface area contributed by atoms with E-state index in [-0.39, 0.29) is 0 Å². The number of aromatic amines is 1. The Morgan fingerprint density at radius 3 is 3.00 bits per heavy atom. The van der Waals surface area contributed by atoms with E-state index in [1.165, 1.54) is 4.70 Å². The van der Waals surface area contributed by atoms with Crippen LogP contribution < -0.4 is 5.32 Å². The molecule has 0 saturated heterocycles. The third kappa shape index (κ3) is 2.64. The van der Waals surface area contributed by atoms with E-state index >= 15 is 0 Å². The molecule has 0 aliphatic heterocycles. The van der Waals surface area contributed by atoms with Crippen LogP contribution in [-0.2, 0) is 4.74 Å². The molecule has 1 saturated carbocycles. The molecule has 132 valence electrons. The monoisotopic (exact) mass is 365 g/mol. The highest BCUT2D eigenvalue weighted by Crippen LogP contribution is 2.32. The Bertz CT molecular complexity index is 1100. The molecule has 1 aliphatic carbocycles. The minimum Gasteiger partial charge on any atom is -0.381 e. The Labute approximate surface area is 154 Å². The normalized spacial score (nSPS) is 19.8. The number of hydrogen-bond donors (Lipinski definition) is 2. The van der Waals surface area contributed by atoms with Gasteiger partial charge in [-0.05, 0) is 37.5 Å². The number of nitrogens with one attached hydrogen (secondary N) is 2. The summed E-state index contributed by atoms with van der Waals surface area (Å²) in [6.07, 6.45) is 6.26. The van der Waals surface area contributed by atoms with E-state index in [1.807, 2.05) is 19.3 Å². The highest BCUT2D eigenvalue weighted by molar-refractivity contribution is 7.18. The number of aryl methyl sites for hydroxylation is 1. The summed E-state index contributed by atoms with van der Waals surface area (Å²) < 4.78 is 6.52. The summed E-state index contributed by atoms with van der Waals surface area (Å²) in [6, 6.07) is 6.76. The molecule has 0 unspecified atom stereocenters. The quantitative estimate of drug-likeness (QED) is 0.569. The van der Waals surface area contributed by atoms with Crippen LogP contribution in [0.3, 0.4) is 0 Å². The van der Waals surface area contributed by atoms with Crippen molar-refractivity contribution in [2.75, 3.05) is 12.4 Å². The van der Waals surface area contributed by atoms with Crippen LogP contribution in [0.15, 0.2) is 30.6 Å². The Hall–Kier alpha value is -2.51. The first kappa shape index (κ1) is 15.7. The second-order valence-corrected chi connectivity index (χ2v) is 7.98. The molecule has 3 aromatic heterocycles. The molecule has 6 nitrogen and oxygen atoms in total. The first-order valence-corrected chi connectivity index (χ1v) is 9.52. The zero-order valence-corrected chi connectivity index (χ0v) is 15.4. The average molecular weight is 365 g/mol. The van der Waals surface area contributed by atoms with Gasteiger partial charge in [0.1, 0.15) is 5.65 Å². The van der Waals surface area contributed by atoms with Crippen molar-refractivity contribution in [3.63, 3.8) is 0 Å². The molecule has 1 fully saturated rings. The number of H-pyrrole nitrogens is 1. The second kappa shape index (κ2) is 6.03. The molecule has 1 aliphatic rings. The fraction of sp³-hybridized carbons (Fsp3) is 0.316. The maximum absolute atomic E-state index is 5.32. The molecule has 3 heterocycles. The van der Waals surface area contributed by atoms with Crippen molar-refractivity contribution in [2.45, 2.75) is 31.9 Å². The van der Waals surface area contributed by atoms with Gasteiger partial charge in [0.05, 0.1) is 21.3 Å². The van der Waals surface area contributed by atoms with Crippen molar-refractivity contribution in [3.05, 3.63) is 35.6 Å². The summed E-state index contributed by atoms with van der Waals surface area (Å²) in [7, 11) is 1.76. The molecule has 5 rings (SSSR count). The Morgan fingerprint density at radius 2 is 2.15 bits per heavy atom. The SMILES string of the molecule is COC1CC(Nc2ncc3c(-c4ccc5nc(C)sc5c4)c[nH]c3n2)C1. The standard InChI is InChI=1S/C19H19N5OS/c1-10-22-16-4-3-11(5-17(16)26-10)14-8-20-18-15(14)9-21-19(24-18)23-12-6-13(7-12)25-2/h3-5,8-9,12-13H,6-7H2,1-2H3,(H2,20,21,23,24). The fourth-order valence-corrected chi connectivity index (χ4v) is 4.35. The topological polar surface area (TPSA) is 75.7 Å². The number of rotatable bonds is 4. The Morgan fingerprint density at radius 1 is 1.27 bits per heavy atom. The number of ether oxygens (including phenoxy) is 1. The summed E-state index contributed by atoms with van der Waals surface area (Å²) in [4.78, 5) is 17.0. The third-order valence-corrected chi connectivity index (χ3v) is 5.93. The number of anilines is 1. The van der Waals surface area contributed by atoms with Gasteiger partial charge in [0.15, 0.2) is 0 Å². The summed E-state index contributed by atoms with van der Waals surface area (Å²) in [6.45, 7) is 2.04. The summed E-state index contributed by atoms with van der Waals surface area (Å²) in [5.41, 5.74) is 4.16. The zero-order chi connectivity index (χ0) is 17.7. The highest BCUT2D eigenvalue weighted by atomic mass is 32.1. The van der Waals surface area contributed by atoms with Crippen molar-refractivity contribution < 1.29 is 4.74 Å². The number of benzene rings is 1. The van der Waals surface area contributed by atoms with Gasteiger partial charge in [-0.1, -0.05) is 6.07 Å². The largest absolute Gasteiger partial charge is 0.381 e. The van der Waals surface area contributed by atoms with E-state index in [2.05, 4.69) is 43.5 Å². The molecular formula is C19H19N5OS. The lowest BCUT2D eigenvalue weighted by Gasteiger charge is -2.34. The molecule has 0 bridgehead atoms. The van der Waals surface area contributed by atoms with E-state index in [1.54, 1.807) is 18.4 Å². The lowest BCUT2D eigenvalue weighted by atomic mass is 9.89. The molecule has 0 atom stereocenters. The van der Waals surface area contributed by atoms with E-state index < -0.39 is 0 Å². The van der Waals surface area contributed by atoms with E-state index in [0.29, 0.717) is 18.1 Å². The summed E-state index contributed by atoms with van der Waals surface area (Å²) in [5, 5.41) is 5.49. The second-order valence-electron chi connectivity index (χ2n) is 6.74. The van der Waals surface area contributed by atoms with Gasteiger partial charge in [-0.25, -0.2) is 9.97 Å². The van der Waals surface area contributed by atoms with Crippen LogP contribution in [0.4, 0.5) is 5.95 Å². The van der Waals surface area contributed by atoms with Gasteiger partial charge in [0.25, 0.3) is 0 Å². The van der Waals surface area contributed by atoms with Gasteiger partial charge in [-0.3, -0.25) is 0 Å². The van der Waals surface area contributed by atoms with Crippen LogP contribution in [-0.4, -0.2) is 39.2 Å². The molecule has 2 N–H and O–H groups in total. The number of hydrogen-bond acceptors (Lipinski definition) is 6. The molecule has 1 aromatic carbocycles. The van der Waals surface area contributed by atoms with E-state index in [9.17, 15) is 0 Å². The van der Waals surface area contributed by atoms with Gasteiger partial charge in [-0.2, -0.15) is 4.98 Å². The van der Waals surface area contributed by atoms with Crippen LogP contribution in [0.1, 0.15) is 17.8 Å². The van der Waals surface area contributed by atoms with Gasteiger partial charge < -0.3 is 15.0 Å². The first-order valence-electron chi connectivity index (χ1n) is 8.70.